The summed E-state index contributed by atoms with van der Waals surface area (Å²) in [5.74, 6) is -2.01. The number of carbonyl (C=O) groups excluding carboxylic acids is 1. The lowest BCUT2D eigenvalue weighted by atomic mass is 10.0. The van der Waals surface area contributed by atoms with Gasteiger partial charge in [-0.25, -0.2) is 4.79 Å². The van der Waals surface area contributed by atoms with E-state index < -0.39 is 24.0 Å². The van der Waals surface area contributed by atoms with Crippen molar-refractivity contribution in [3.63, 3.8) is 0 Å². The lowest BCUT2D eigenvalue weighted by Gasteiger charge is -2.38. The maximum Gasteiger partial charge on any atom is 0.490 e. The van der Waals surface area contributed by atoms with Gasteiger partial charge in [-0.15, -0.1) is 0 Å². The molecule has 1 saturated heterocycles. The predicted molar refractivity (Wildman–Crippen MR) is 129 cm³/mol. The lowest BCUT2D eigenvalue weighted by Crippen LogP contribution is -2.51. The highest BCUT2D eigenvalue weighted by atomic mass is 35.5. The van der Waals surface area contributed by atoms with Gasteiger partial charge in [-0.3, -0.25) is 4.79 Å². The van der Waals surface area contributed by atoms with Crippen LogP contribution in [0.15, 0.2) is 36.4 Å². The van der Waals surface area contributed by atoms with Crippen molar-refractivity contribution in [3.05, 3.63) is 41.4 Å². The topological polar surface area (TPSA) is 138 Å². The Hall–Kier alpha value is -3.42. The Kier molecular flexibility index (Phi) is 9.18. The van der Waals surface area contributed by atoms with Gasteiger partial charge < -0.3 is 39.7 Å². The minimum Gasteiger partial charge on any atom is -0.508 e. The molecule has 14 heteroatoms. The molecule has 1 amide bonds. The number of ether oxygens (including phenoxy) is 3. The molecule has 2 aliphatic heterocycles. The number of hydrogen-bond acceptors (Lipinski definition) is 8. The van der Waals surface area contributed by atoms with Crippen molar-refractivity contribution < 1.29 is 52.3 Å². The number of phenolic OH excluding ortho intramolecular Hbond substituents is 1. The third-order valence-corrected chi connectivity index (χ3v) is 5.77. The number of rotatable bonds is 6. The van der Waals surface area contributed by atoms with Crippen LogP contribution >= 0.6 is 11.6 Å². The minimum atomic E-state index is -5.08. The molecule has 2 heterocycles. The smallest absolute Gasteiger partial charge is 0.490 e. The highest BCUT2D eigenvalue weighted by Gasteiger charge is 2.44. The molecular formula is C24H26ClF3N2O8. The van der Waals surface area contributed by atoms with Crippen LogP contribution in [0.2, 0.25) is 5.02 Å². The van der Waals surface area contributed by atoms with Gasteiger partial charge in [0.1, 0.15) is 24.2 Å². The molecule has 4 rings (SSSR count). The fourth-order valence-corrected chi connectivity index (χ4v) is 3.97. The monoisotopic (exact) mass is 562 g/mol. The van der Waals surface area contributed by atoms with Gasteiger partial charge in [-0.1, -0.05) is 11.6 Å². The normalized spacial score (nSPS) is 16.8. The average Bonchev–Trinajstić information content (AvgIpc) is 3.17. The van der Waals surface area contributed by atoms with Gasteiger partial charge in [-0.2, -0.15) is 13.2 Å². The summed E-state index contributed by atoms with van der Waals surface area (Å²) in [6.45, 7) is 3.22. The van der Waals surface area contributed by atoms with Crippen molar-refractivity contribution in [2.75, 3.05) is 31.6 Å². The van der Waals surface area contributed by atoms with E-state index in [4.69, 9.17) is 35.7 Å². The number of nitrogens with one attached hydrogen (secondary N) is 1. The number of hydrogen-bond donors (Lipinski definition) is 4. The molecule has 4 N–H and O–H groups in total. The first-order valence-corrected chi connectivity index (χ1v) is 11.8. The number of β-amino-alcohol motifs (C(OH)–C–C–N with tert-alkyl or cyclic N) is 1. The van der Waals surface area contributed by atoms with E-state index in [1.807, 2.05) is 6.07 Å². The SMILES string of the molecule is CC(=O)Nc1ccc(O)cc1OC[C@@H](O)CN1CCC2(CC1)Oc1ccc(Cl)cc1O2.O=C(O)C(F)(F)F. The molecule has 208 valence electrons. The Morgan fingerprint density at radius 3 is 2.39 bits per heavy atom. The summed E-state index contributed by atoms with van der Waals surface area (Å²) in [6, 6.07) is 9.76. The van der Waals surface area contributed by atoms with Gasteiger partial charge in [0.05, 0.1) is 5.69 Å². The highest BCUT2D eigenvalue weighted by Crippen LogP contribution is 2.44. The summed E-state index contributed by atoms with van der Waals surface area (Å²) in [7, 11) is 0. The van der Waals surface area contributed by atoms with E-state index in [0.717, 1.165) is 0 Å². The van der Waals surface area contributed by atoms with Crippen LogP contribution in [0.5, 0.6) is 23.0 Å². The first-order chi connectivity index (χ1) is 17.8. The van der Waals surface area contributed by atoms with Crippen LogP contribution in [-0.4, -0.2) is 76.4 Å². The number of halogens is 4. The molecule has 10 nitrogen and oxygen atoms in total. The Balaban J connectivity index is 0.000000505. The number of aliphatic carboxylic acids is 1. The van der Waals surface area contributed by atoms with Gasteiger partial charge in [0.2, 0.25) is 5.91 Å². The number of alkyl halides is 3. The van der Waals surface area contributed by atoms with E-state index in [1.165, 1.54) is 19.1 Å². The molecule has 2 aliphatic rings. The van der Waals surface area contributed by atoms with E-state index in [1.54, 1.807) is 18.2 Å². The summed E-state index contributed by atoms with van der Waals surface area (Å²) >= 11 is 6.03. The van der Waals surface area contributed by atoms with Gasteiger partial charge in [0.15, 0.2) is 11.5 Å². The summed E-state index contributed by atoms with van der Waals surface area (Å²) in [5.41, 5.74) is 0.438. The predicted octanol–water partition coefficient (Wildman–Crippen LogP) is 3.64. The third kappa shape index (κ3) is 8.04. The second kappa shape index (κ2) is 12.0. The van der Waals surface area contributed by atoms with E-state index in [9.17, 15) is 28.2 Å². The Labute approximate surface area is 220 Å². The van der Waals surface area contributed by atoms with Crippen LogP contribution in [0.4, 0.5) is 18.9 Å². The second-order valence-electron chi connectivity index (χ2n) is 8.64. The lowest BCUT2D eigenvalue weighted by molar-refractivity contribution is -0.192. The Morgan fingerprint density at radius 1 is 1.16 bits per heavy atom. The zero-order valence-corrected chi connectivity index (χ0v) is 20.9. The molecule has 0 unspecified atom stereocenters. The zero-order valence-electron chi connectivity index (χ0n) is 20.1. The number of carboxylic acid groups (broad SMARTS) is 1. The summed E-state index contributed by atoms with van der Waals surface area (Å²) in [4.78, 5) is 22.4. The number of aliphatic hydroxyl groups excluding tert-OH is 1. The van der Waals surface area contributed by atoms with Crippen LogP contribution < -0.4 is 19.5 Å². The number of amides is 1. The molecule has 0 bridgehead atoms. The van der Waals surface area contributed by atoms with Crippen LogP contribution in [-0.2, 0) is 9.59 Å². The van der Waals surface area contributed by atoms with Gasteiger partial charge in [-0.05, 0) is 24.3 Å². The number of anilines is 1. The minimum absolute atomic E-state index is 0.0127. The second-order valence-corrected chi connectivity index (χ2v) is 9.07. The van der Waals surface area contributed by atoms with Crippen molar-refractivity contribution in [1.82, 2.24) is 4.90 Å². The van der Waals surface area contributed by atoms with Crippen LogP contribution in [0, 0.1) is 0 Å². The molecule has 1 fully saturated rings. The number of carboxylic acids is 1. The van der Waals surface area contributed by atoms with Crippen molar-refractivity contribution in [2.45, 2.75) is 37.8 Å². The van der Waals surface area contributed by atoms with Crippen molar-refractivity contribution >= 4 is 29.2 Å². The number of fused-ring (bicyclic) bond motifs is 1. The number of piperidine rings is 1. The molecule has 2 aromatic carbocycles. The van der Waals surface area contributed by atoms with Crippen LogP contribution in [0.1, 0.15) is 19.8 Å². The molecule has 1 atom stereocenters. The zero-order chi connectivity index (χ0) is 28.1. The number of likely N-dealkylation sites (tertiary alicyclic amines) is 1. The Bertz CT molecular complexity index is 1160. The van der Waals surface area contributed by atoms with E-state index in [-0.39, 0.29) is 18.3 Å². The maximum absolute atomic E-state index is 11.3. The quantitative estimate of drug-likeness (QED) is 0.389. The third-order valence-electron chi connectivity index (χ3n) is 5.53. The molecule has 0 aromatic heterocycles. The Morgan fingerprint density at radius 2 is 1.79 bits per heavy atom. The van der Waals surface area contributed by atoms with Crippen molar-refractivity contribution in [2.24, 2.45) is 0 Å². The fraction of sp³-hybridized carbons (Fsp3) is 0.417. The van der Waals surface area contributed by atoms with Gasteiger partial charge in [0, 0.05) is 56.6 Å². The molecule has 2 aromatic rings. The number of nitrogens with zero attached hydrogens (tertiary/aromatic N) is 1. The first-order valence-electron chi connectivity index (χ1n) is 11.4. The van der Waals surface area contributed by atoms with E-state index in [0.29, 0.717) is 60.4 Å². The van der Waals surface area contributed by atoms with Crippen LogP contribution in [0.3, 0.4) is 0 Å². The highest BCUT2D eigenvalue weighted by molar-refractivity contribution is 6.30. The van der Waals surface area contributed by atoms with Gasteiger partial charge in [0.25, 0.3) is 5.79 Å². The van der Waals surface area contributed by atoms with E-state index in [2.05, 4.69) is 10.2 Å². The largest absolute Gasteiger partial charge is 0.508 e. The molecule has 0 saturated carbocycles. The van der Waals surface area contributed by atoms with Gasteiger partial charge >= 0.3 is 12.1 Å². The number of phenols is 1. The molecule has 0 aliphatic carbocycles. The number of benzene rings is 2. The van der Waals surface area contributed by atoms with E-state index >= 15 is 0 Å². The standard InChI is InChI=1S/C22H25ClN2O6.C2HF3O2/c1-14(26)24-18-4-3-16(27)11-20(18)29-13-17(28)12-25-8-6-22(7-9-25)30-19-5-2-15(23)10-21(19)31-22;3-2(4,5)1(6)7/h2-5,10-11,17,27-28H,6-9,12-13H2,1H3,(H,24,26);(H,6,7)/t17-;/m0./s1. The number of aliphatic hydroxyl groups is 1. The summed E-state index contributed by atoms with van der Waals surface area (Å²) < 4.78 is 49.5. The number of carbonyl (C=O) groups is 2. The van der Waals surface area contributed by atoms with Crippen molar-refractivity contribution in [3.8, 4) is 23.0 Å². The average molecular weight is 563 g/mol. The summed E-state index contributed by atoms with van der Waals surface area (Å²) in [6.07, 6.45) is -4.51. The maximum atomic E-state index is 11.3. The fourth-order valence-electron chi connectivity index (χ4n) is 3.81. The molecular weight excluding hydrogens is 537 g/mol. The molecule has 1 spiro atoms. The number of aromatic hydroxyl groups is 1. The molecule has 38 heavy (non-hydrogen) atoms. The summed E-state index contributed by atoms with van der Waals surface area (Å²) in [5, 5.41) is 30.5. The molecule has 0 radical (unpaired) electrons. The van der Waals surface area contributed by atoms with Crippen LogP contribution in [0.25, 0.3) is 0 Å². The first kappa shape index (κ1) is 29.1. The van der Waals surface area contributed by atoms with Crippen molar-refractivity contribution in [1.29, 1.82) is 0 Å².